The van der Waals surface area contributed by atoms with Crippen LogP contribution in [0.5, 0.6) is 0 Å². The molecular formula is C13H10F2N2O2. The van der Waals surface area contributed by atoms with Crippen LogP contribution in [0.4, 0.5) is 8.78 Å². The summed E-state index contributed by atoms with van der Waals surface area (Å²) in [5.41, 5.74) is 0.452. The molecule has 0 fully saturated rings. The summed E-state index contributed by atoms with van der Waals surface area (Å²) in [6.07, 6.45) is 1.48. The number of aromatic nitrogens is 2. The maximum atomic E-state index is 13.6. The molecule has 0 aliphatic carbocycles. The minimum Gasteiger partial charge on any atom is -0.481 e. The third kappa shape index (κ3) is 3.31. The van der Waals surface area contributed by atoms with Gasteiger partial charge in [0.2, 0.25) is 0 Å². The van der Waals surface area contributed by atoms with Crippen molar-refractivity contribution in [3.8, 4) is 11.3 Å². The lowest BCUT2D eigenvalue weighted by Gasteiger charge is -2.04. The van der Waals surface area contributed by atoms with Crippen molar-refractivity contribution < 1.29 is 18.7 Å². The molecule has 4 nitrogen and oxygen atoms in total. The molecule has 1 heterocycles. The highest BCUT2D eigenvalue weighted by Crippen LogP contribution is 2.21. The quantitative estimate of drug-likeness (QED) is 0.921. The molecule has 19 heavy (non-hydrogen) atoms. The molecule has 1 aromatic heterocycles. The molecule has 0 atom stereocenters. The van der Waals surface area contributed by atoms with Crippen LogP contribution in [0.3, 0.4) is 0 Å². The van der Waals surface area contributed by atoms with E-state index in [1.165, 1.54) is 18.3 Å². The van der Waals surface area contributed by atoms with Gasteiger partial charge in [-0.15, -0.1) is 0 Å². The molecule has 0 unspecified atom stereocenters. The van der Waals surface area contributed by atoms with Crippen LogP contribution in [0.2, 0.25) is 0 Å². The van der Waals surface area contributed by atoms with E-state index >= 15 is 0 Å². The number of hydrogen-bond donors (Lipinski definition) is 1. The average molecular weight is 264 g/mol. The molecule has 2 rings (SSSR count). The van der Waals surface area contributed by atoms with E-state index in [0.717, 1.165) is 12.1 Å². The third-order valence-corrected chi connectivity index (χ3v) is 2.48. The summed E-state index contributed by atoms with van der Waals surface area (Å²) in [6.45, 7) is 0. The summed E-state index contributed by atoms with van der Waals surface area (Å²) in [7, 11) is 0. The Morgan fingerprint density at radius 2 is 2.05 bits per heavy atom. The van der Waals surface area contributed by atoms with Crippen molar-refractivity contribution in [3.05, 3.63) is 47.9 Å². The van der Waals surface area contributed by atoms with Gasteiger partial charge in [-0.05, 0) is 18.2 Å². The van der Waals surface area contributed by atoms with Crippen LogP contribution in [0.1, 0.15) is 12.2 Å². The summed E-state index contributed by atoms with van der Waals surface area (Å²) < 4.78 is 26.4. The van der Waals surface area contributed by atoms with Gasteiger partial charge in [0.15, 0.2) is 0 Å². The van der Waals surface area contributed by atoms with Crippen molar-refractivity contribution >= 4 is 5.97 Å². The molecule has 0 radical (unpaired) electrons. The molecule has 0 aliphatic rings. The Morgan fingerprint density at radius 1 is 1.26 bits per heavy atom. The van der Waals surface area contributed by atoms with Crippen molar-refractivity contribution in [2.75, 3.05) is 0 Å². The maximum absolute atomic E-state index is 13.6. The molecule has 0 saturated carbocycles. The molecule has 0 bridgehead atoms. The monoisotopic (exact) mass is 264 g/mol. The summed E-state index contributed by atoms with van der Waals surface area (Å²) in [5, 5.41) is 8.58. The number of carboxylic acids is 1. The topological polar surface area (TPSA) is 63.1 Å². The number of halogens is 2. The van der Waals surface area contributed by atoms with Crippen LogP contribution in [-0.2, 0) is 11.2 Å². The van der Waals surface area contributed by atoms with E-state index in [4.69, 9.17) is 5.11 Å². The zero-order valence-corrected chi connectivity index (χ0v) is 9.81. The van der Waals surface area contributed by atoms with Crippen LogP contribution in [0.25, 0.3) is 11.3 Å². The summed E-state index contributed by atoms with van der Waals surface area (Å²) in [6, 6.07) is 4.68. The first kappa shape index (κ1) is 13.1. The van der Waals surface area contributed by atoms with Crippen LogP contribution in [0.15, 0.2) is 30.5 Å². The number of benzene rings is 1. The first-order chi connectivity index (χ1) is 9.06. The van der Waals surface area contributed by atoms with Crippen molar-refractivity contribution in [1.82, 2.24) is 9.97 Å². The predicted octanol–water partition coefficient (Wildman–Crippen LogP) is 2.44. The highest BCUT2D eigenvalue weighted by atomic mass is 19.1. The van der Waals surface area contributed by atoms with Gasteiger partial charge in [-0.25, -0.2) is 18.7 Å². The van der Waals surface area contributed by atoms with Crippen LogP contribution in [-0.4, -0.2) is 21.0 Å². The third-order valence-electron chi connectivity index (χ3n) is 2.48. The molecule has 1 aromatic carbocycles. The highest BCUT2D eigenvalue weighted by Gasteiger charge is 2.09. The Balaban J connectivity index is 2.29. The SMILES string of the molecule is O=C(O)CCc1nccc(-c2ccc(F)cc2F)n1. The maximum Gasteiger partial charge on any atom is 0.303 e. The average Bonchev–Trinajstić information content (AvgIpc) is 2.36. The number of nitrogens with zero attached hydrogens (tertiary/aromatic N) is 2. The van der Waals surface area contributed by atoms with E-state index in [1.807, 2.05) is 0 Å². The Morgan fingerprint density at radius 3 is 2.74 bits per heavy atom. The molecule has 1 N–H and O–H groups in total. The number of carbonyl (C=O) groups is 1. The molecule has 0 amide bonds. The van der Waals surface area contributed by atoms with Crippen LogP contribution < -0.4 is 0 Å². The Bertz CT molecular complexity index is 617. The lowest BCUT2D eigenvalue weighted by molar-refractivity contribution is -0.137. The predicted molar refractivity (Wildman–Crippen MR) is 63.3 cm³/mol. The molecule has 6 heteroatoms. The fourth-order valence-corrected chi connectivity index (χ4v) is 1.59. The van der Waals surface area contributed by atoms with E-state index in [-0.39, 0.29) is 18.4 Å². The second kappa shape index (κ2) is 5.51. The van der Waals surface area contributed by atoms with Gasteiger partial charge >= 0.3 is 5.97 Å². The minimum atomic E-state index is -0.957. The van der Waals surface area contributed by atoms with E-state index in [0.29, 0.717) is 11.5 Å². The van der Waals surface area contributed by atoms with Crippen molar-refractivity contribution in [3.63, 3.8) is 0 Å². The van der Waals surface area contributed by atoms with E-state index in [2.05, 4.69) is 9.97 Å². The smallest absolute Gasteiger partial charge is 0.303 e. The highest BCUT2D eigenvalue weighted by molar-refractivity contribution is 5.67. The summed E-state index contributed by atoms with van der Waals surface area (Å²) in [5.74, 6) is -2.03. The van der Waals surface area contributed by atoms with E-state index < -0.39 is 17.6 Å². The number of aliphatic carboxylic acids is 1. The molecular weight excluding hydrogens is 254 g/mol. The first-order valence-electron chi connectivity index (χ1n) is 5.55. The molecule has 0 saturated heterocycles. The standard InChI is InChI=1S/C13H10F2N2O2/c14-8-1-2-9(10(15)7-8)11-5-6-16-12(17-11)3-4-13(18)19/h1-2,5-7H,3-4H2,(H,18,19). The van der Waals surface area contributed by atoms with E-state index in [9.17, 15) is 13.6 Å². The minimum absolute atomic E-state index is 0.102. The molecule has 98 valence electrons. The largest absolute Gasteiger partial charge is 0.481 e. The van der Waals surface area contributed by atoms with Gasteiger partial charge in [0.25, 0.3) is 0 Å². The number of carboxylic acid groups (broad SMARTS) is 1. The van der Waals surface area contributed by atoms with Crippen molar-refractivity contribution in [1.29, 1.82) is 0 Å². The van der Waals surface area contributed by atoms with Gasteiger partial charge in [-0.2, -0.15) is 0 Å². The summed E-state index contributed by atoms with van der Waals surface area (Å²) >= 11 is 0. The Kier molecular flexibility index (Phi) is 3.79. The molecule has 0 aliphatic heterocycles. The summed E-state index contributed by atoms with van der Waals surface area (Å²) in [4.78, 5) is 18.4. The van der Waals surface area contributed by atoms with Gasteiger partial charge in [0.05, 0.1) is 12.1 Å². The lowest BCUT2D eigenvalue weighted by atomic mass is 10.1. The number of hydrogen-bond acceptors (Lipinski definition) is 3. The molecule has 2 aromatic rings. The fourth-order valence-electron chi connectivity index (χ4n) is 1.59. The first-order valence-corrected chi connectivity index (χ1v) is 5.55. The van der Waals surface area contributed by atoms with Crippen molar-refractivity contribution in [2.24, 2.45) is 0 Å². The lowest BCUT2D eigenvalue weighted by Crippen LogP contribution is -2.02. The van der Waals surface area contributed by atoms with Gasteiger partial charge in [-0.1, -0.05) is 0 Å². The fraction of sp³-hybridized carbons (Fsp3) is 0.154. The van der Waals surface area contributed by atoms with Crippen LogP contribution in [0, 0.1) is 11.6 Å². The van der Waals surface area contributed by atoms with Crippen molar-refractivity contribution in [2.45, 2.75) is 12.8 Å². The Hall–Kier alpha value is -2.37. The Labute approximate surface area is 107 Å². The van der Waals surface area contributed by atoms with Gasteiger partial charge < -0.3 is 5.11 Å². The number of aryl methyl sites for hydroxylation is 1. The van der Waals surface area contributed by atoms with Gasteiger partial charge in [-0.3, -0.25) is 4.79 Å². The van der Waals surface area contributed by atoms with Crippen LogP contribution >= 0.6 is 0 Å². The second-order valence-corrected chi connectivity index (χ2v) is 3.88. The zero-order valence-electron chi connectivity index (χ0n) is 9.81. The second-order valence-electron chi connectivity index (χ2n) is 3.88. The van der Waals surface area contributed by atoms with Gasteiger partial charge in [0.1, 0.15) is 17.5 Å². The van der Waals surface area contributed by atoms with Gasteiger partial charge in [0, 0.05) is 24.2 Å². The van der Waals surface area contributed by atoms with E-state index in [1.54, 1.807) is 0 Å². The normalized spacial score (nSPS) is 10.4. The zero-order chi connectivity index (χ0) is 13.8. The molecule has 0 spiro atoms. The number of rotatable bonds is 4.